The lowest BCUT2D eigenvalue weighted by Gasteiger charge is -2.32. The second-order valence-electron chi connectivity index (χ2n) is 3.98. The fraction of sp³-hybridized carbons (Fsp3) is 0.909. The summed E-state index contributed by atoms with van der Waals surface area (Å²) >= 11 is 0. The number of hydrogen-bond acceptors (Lipinski definition) is 2. The molecule has 0 spiro atoms. The highest BCUT2D eigenvalue weighted by atomic mass is 16.5. The normalized spacial score (nSPS) is 13.0. The molecule has 0 aliphatic heterocycles. The molecule has 14 heavy (non-hydrogen) atoms. The van der Waals surface area contributed by atoms with Crippen molar-refractivity contribution in [2.24, 2.45) is 5.92 Å². The second-order valence-corrected chi connectivity index (χ2v) is 3.98. The first kappa shape index (κ1) is 13.4. The van der Waals surface area contributed by atoms with Gasteiger partial charge in [-0.05, 0) is 13.3 Å². The van der Waals surface area contributed by atoms with Crippen LogP contribution in [0.5, 0.6) is 0 Å². The van der Waals surface area contributed by atoms with E-state index < -0.39 is 0 Å². The lowest BCUT2D eigenvalue weighted by Crippen LogP contribution is -2.42. The lowest BCUT2D eigenvalue weighted by atomic mass is 10.1. The summed E-state index contributed by atoms with van der Waals surface area (Å²) in [7, 11) is 1.70. The number of nitrogens with zero attached hydrogens (tertiary/aromatic N) is 1. The number of hydrogen-bond donors (Lipinski definition) is 1. The largest absolute Gasteiger partial charge is 0.383 e. The average Bonchev–Trinajstić information content (AvgIpc) is 2.17. The van der Waals surface area contributed by atoms with Crippen molar-refractivity contribution in [3.63, 3.8) is 0 Å². The van der Waals surface area contributed by atoms with E-state index in [1.54, 1.807) is 7.11 Å². The third-order valence-corrected chi connectivity index (χ3v) is 2.52. The van der Waals surface area contributed by atoms with Crippen molar-refractivity contribution in [1.29, 1.82) is 5.41 Å². The van der Waals surface area contributed by atoms with Gasteiger partial charge < -0.3 is 9.64 Å². The van der Waals surface area contributed by atoms with Crippen molar-refractivity contribution in [1.82, 2.24) is 4.90 Å². The van der Waals surface area contributed by atoms with Gasteiger partial charge in [0.15, 0.2) is 0 Å². The van der Waals surface area contributed by atoms with Crippen LogP contribution >= 0.6 is 0 Å². The van der Waals surface area contributed by atoms with Crippen molar-refractivity contribution in [2.75, 3.05) is 20.3 Å². The molecule has 0 rings (SSSR count). The first-order valence-corrected chi connectivity index (χ1v) is 5.38. The Kier molecular flexibility index (Phi) is 6.54. The molecule has 3 nitrogen and oxygen atoms in total. The minimum atomic E-state index is 0.292. The lowest BCUT2D eigenvalue weighted by molar-refractivity contribution is 0.160. The van der Waals surface area contributed by atoms with E-state index in [4.69, 9.17) is 10.1 Å². The fourth-order valence-corrected chi connectivity index (χ4v) is 1.32. The SMILES string of the molecule is CCC(C)N(CCOC)C(=N)C(C)C. The molecule has 0 radical (unpaired) electrons. The van der Waals surface area contributed by atoms with Gasteiger partial charge in [0.2, 0.25) is 0 Å². The zero-order valence-electron chi connectivity index (χ0n) is 10.1. The van der Waals surface area contributed by atoms with Crippen LogP contribution in [-0.4, -0.2) is 37.0 Å². The zero-order chi connectivity index (χ0) is 11.1. The summed E-state index contributed by atoms with van der Waals surface area (Å²) in [6, 6.07) is 0.431. The minimum Gasteiger partial charge on any atom is -0.383 e. The Morgan fingerprint density at radius 2 is 1.93 bits per heavy atom. The molecule has 1 N–H and O–H groups in total. The quantitative estimate of drug-likeness (QED) is 0.528. The van der Waals surface area contributed by atoms with Gasteiger partial charge in [0.1, 0.15) is 0 Å². The van der Waals surface area contributed by atoms with Gasteiger partial charge in [0.25, 0.3) is 0 Å². The maximum atomic E-state index is 7.98. The van der Waals surface area contributed by atoms with Crippen molar-refractivity contribution in [3.8, 4) is 0 Å². The standard InChI is InChI=1S/C11H24N2O/c1-6-10(4)13(7-8-14-5)11(12)9(2)3/h9-10,12H,6-8H2,1-5H3. The maximum Gasteiger partial charge on any atom is 0.0987 e. The van der Waals surface area contributed by atoms with E-state index in [9.17, 15) is 0 Å². The van der Waals surface area contributed by atoms with Gasteiger partial charge in [-0.2, -0.15) is 0 Å². The van der Waals surface area contributed by atoms with E-state index >= 15 is 0 Å². The van der Waals surface area contributed by atoms with Crippen LogP contribution in [0.4, 0.5) is 0 Å². The molecule has 0 aromatic carbocycles. The van der Waals surface area contributed by atoms with Crippen LogP contribution in [0.3, 0.4) is 0 Å². The molecule has 0 saturated carbocycles. The minimum absolute atomic E-state index is 0.292. The van der Waals surface area contributed by atoms with Gasteiger partial charge >= 0.3 is 0 Å². The topological polar surface area (TPSA) is 36.3 Å². The van der Waals surface area contributed by atoms with Crippen molar-refractivity contribution in [2.45, 2.75) is 40.2 Å². The van der Waals surface area contributed by atoms with Gasteiger partial charge in [-0.15, -0.1) is 0 Å². The molecule has 0 fully saturated rings. The average molecular weight is 200 g/mol. The molecule has 0 amide bonds. The van der Waals surface area contributed by atoms with Crippen LogP contribution < -0.4 is 0 Å². The highest BCUT2D eigenvalue weighted by Gasteiger charge is 2.17. The molecule has 84 valence electrons. The number of methoxy groups -OCH3 is 1. The van der Waals surface area contributed by atoms with E-state index in [-0.39, 0.29) is 0 Å². The molecule has 0 aliphatic rings. The van der Waals surface area contributed by atoms with E-state index in [1.807, 2.05) is 0 Å². The summed E-state index contributed by atoms with van der Waals surface area (Å²) in [5.41, 5.74) is 0. The summed E-state index contributed by atoms with van der Waals surface area (Å²) in [6.07, 6.45) is 1.07. The van der Waals surface area contributed by atoms with Gasteiger partial charge in [-0.3, -0.25) is 5.41 Å². The molecular formula is C11H24N2O. The molecule has 3 heteroatoms. The van der Waals surface area contributed by atoms with Gasteiger partial charge in [-0.1, -0.05) is 20.8 Å². The van der Waals surface area contributed by atoms with Crippen LogP contribution in [-0.2, 0) is 4.74 Å². The van der Waals surface area contributed by atoms with Crippen LogP contribution in [0.25, 0.3) is 0 Å². The smallest absolute Gasteiger partial charge is 0.0987 e. The Bertz CT molecular complexity index is 169. The predicted octanol–water partition coefficient (Wildman–Crippen LogP) is 2.37. The Morgan fingerprint density at radius 3 is 2.29 bits per heavy atom. The van der Waals surface area contributed by atoms with E-state index in [1.165, 1.54) is 0 Å². The van der Waals surface area contributed by atoms with Gasteiger partial charge in [-0.25, -0.2) is 0 Å². The summed E-state index contributed by atoms with van der Waals surface area (Å²) in [5.74, 6) is 1.01. The van der Waals surface area contributed by atoms with Crippen molar-refractivity contribution in [3.05, 3.63) is 0 Å². The number of amidine groups is 1. The molecular weight excluding hydrogens is 176 g/mol. The van der Waals surface area contributed by atoms with E-state index in [0.29, 0.717) is 18.6 Å². The molecule has 0 aromatic rings. The van der Waals surface area contributed by atoms with Crippen LogP contribution in [0.15, 0.2) is 0 Å². The predicted molar refractivity (Wildman–Crippen MR) is 60.9 cm³/mol. The maximum absolute atomic E-state index is 7.98. The Hall–Kier alpha value is -0.570. The summed E-state index contributed by atoms with van der Waals surface area (Å²) in [6.45, 7) is 9.95. The highest BCUT2D eigenvalue weighted by Crippen LogP contribution is 2.09. The van der Waals surface area contributed by atoms with Gasteiger partial charge in [0.05, 0.1) is 12.4 Å². The van der Waals surface area contributed by atoms with Crippen molar-refractivity contribution >= 4 is 5.84 Å². The fourth-order valence-electron chi connectivity index (χ4n) is 1.32. The van der Waals surface area contributed by atoms with Gasteiger partial charge in [0, 0.05) is 25.6 Å². The third kappa shape index (κ3) is 4.09. The highest BCUT2D eigenvalue weighted by molar-refractivity contribution is 5.81. The first-order chi connectivity index (χ1) is 6.54. The van der Waals surface area contributed by atoms with Crippen LogP contribution in [0.2, 0.25) is 0 Å². The zero-order valence-corrected chi connectivity index (χ0v) is 10.1. The second kappa shape index (κ2) is 6.82. The Balaban J connectivity index is 4.30. The van der Waals surface area contributed by atoms with E-state index in [0.717, 1.165) is 18.8 Å². The molecule has 1 unspecified atom stereocenters. The summed E-state index contributed by atoms with van der Waals surface area (Å²) in [5, 5.41) is 7.98. The third-order valence-electron chi connectivity index (χ3n) is 2.52. The Morgan fingerprint density at radius 1 is 1.36 bits per heavy atom. The van der Waals surface area contributed by atoms with Crippen molar-refractivity contribution < 1.29 is 4.74 Å². The molecule has 0 aliphatic carbocycles. The molecule has 0 heterocycles. The summed E-state index contributed by atoms with van der Waals surface area (Å²) in [4.78, 5) is 2.13. The van der Waals surface area contributed by atoms with E-state index in [2.05, 4.69) is 32.6 Å². The molecule has 0 bridgehead atoms. The van der Waals surface area contributed by atoms with Crippen LogP contribution in [0, 0.1) is 11.3 Å². The number of nitrogens with one attached hydrogen (secondary N) is 1. The number of ether oxygens (including phenoxy) is 1. The molecule has 0 saturated heterocycles. The molecule has 1 atom stereocenters. The monoisotopic (exact) mass is 200 g/mol. The Labute approximate surface area is 87.9 Å². The first-order valence-electron chi connectivity index (χ1n) is 5.38. The summed E-state index contributed by atoms with van der Waals surface area (Å²) < 4.78 is 5.06. The molecule has 0 aromatic heterocycles. The number of rotatable bonds is 6. The van der Waals surface area contributed by atoms with Crippen LogP contribution in [0.1, 0.15) is 34.1 Å².